The van der Waals surface area contributed by atoms with Crippen LogP contribution < -0.4 is 4.72 Å². The number of nitrogens with zero attached hydrogens (tertiary/aromatic N) is 1. The molecule has 84 valence electrons. The largest absolute Gasteiger partial charge is 0.284 e. The number of anilines is 1. The summed E-state index contributed by atoms with van der Waals surface area (Å²) in [4.78, 5) is 3.35. The lowest BCUT2D eigenvalue weighted by Gasteiger charge is -2.04. The maximum atomic E-state index is 11.0. The maximum absolute atomic E-state index is 11.0. The van der Waals surface area contributed by atoms with Crippen LogP contribution >= 0.6 is 0 Å². The summed E-state index contributed by atoms with van der Waals surface area (Å²) in [7, 11) is -3.25. The van der Waals surface area contributed by atoms with Crippen molar-refractivity contribution in [2.24, 2.45) is 0 Å². The SMILES string of the molecule is [C-]#[N+]C(=CC)c1ccc(NS(C)(=O)=O)cc1. The van der Waals surface area contributed by atoms with Gasteiger partial charge in [-0.2, -0.15) is 0 Å². The van der Waals surface area contributed by atoms with Crippen LogP contribution in [0.4, 0.5) is 5.69 Å². The zero-order valence-corrected chi connectivity index (χ0v) is 9.88. The molecule has 1 rings (SSSR count). The Morgan fingerprint density at radius 1 is 1.38 bits per heavy atom. The van der Waals surface area contributed by atoms with E-state index in [9.17, 15) is 8.42 Å². The lowest BCUT2D eigenvalue weighted by Crippen LogP contribution is -2.09. The smallest absolute Gasteiger partial charge is 0.229 e. The summed E-state index contributed by atoms with van der Waals surface area (Å²) in [6.07, 6.45) is 2.81. The predicted octanol–water partition coefficient (Wildman–Crippen LogP) is 2.34. The zero-order valence-electron chi connectivity index (χ0n) is 9.06. The Balaban J connectivity index is 2.97. The molecule has 0 amide bonds. The van der Waals surface area contributed by atoms with Gasteiger partial charge in [-0.15, -0.1) is 0 Å². The van der Waals surface area contributed by atoms with Gasteiger partial charge in [0.05, 0.1) is 12.8 Å². The number of rotatable bonds is 3. The molecular weight excluding hydrogens is 224 g/mol. The molecule has 0 aliphatic heterocycles. The van der Waals surface area contributed by atoms with Crippen molar-refractivity contribution in [2.45, 2.75) is 6.92 Å². The van der Waals surface area contributed by atoms with Gasteiger partial charge in [0.25, 0.3) is 0 Å². The monoisotopic (exact) mass is 236 g/mol. The molecule has 0 saturated carbocycles. The molecule has 1 N–H and O–H groups in total. The molecule has 5 heteroatoms. The first-order chi connectivity index (χ1) is 7.46. The summed E-state index contributed by atoms with van der Waals surface area (Å²) in [6, 6.07) is 6.68. The lowest BCUT2D eigenvalue weighted by atomic mass is 10.1. The molecule has 0 radical (unpaired) electrons. The number of benzene rings is 1. The molecule has 1 aromatic rings. The Hall–Kier alpha value is -1.80. The molecule has 0 aliphatic carbocycles. The van der Waals surface area contributed by atoms with E-state index in [2.05, 4.69) is 9.57 Å². The van der Waals surface area contributed by atoms with Gasteiger partial charge in [-0.3, -0.25) is 4.72 Å². The molecule has 0 saturated heterocycles. The first kappa shape index (κ1) is 12.3. The quantitative estimate of drug-likeness (QED) is 0.819. The van der Waals surface area contributed by atoms with Crippen molar-refractivity contribution < 1.29 is 8.42 Å². The highest BCUT2D eigenvalue weighted by Crippen LogP contribution is 2.18. The van der Waals surface area contributed by atoms with Gasteiger partial charge in [0, 0.05) is 5.69 Å². The number of sulfonamides is 1. The molecule has 1 aromatic carbocycles. The first-order valence-corrected chi connectivity index (χ1v) is 6.47. The van der Waals surface area contributed by atoms with Crippen LogP contribution in [-0.4, -0.2) is 14.7 Å². The summed E-state index contributed by atoms with van der Waals surface area (Å²) < 4.78 is 24.3. The number of nitrogens with one attached hydrogen (secondary N) is 1. The fourth-order valence-electron chi connectivity index (χ4n) is 1.22. The van der Waals surface area contributed by atoms with Crippen LogP contribution in [0.2, 0.25) is 0 Å². The van der Waals surface area contributed by atoms with Gasteiger partial charge in [-0.05, 0) is 17.7 Å². The van der Waals surface area contributed by atoms with Crippen molar-refractivity contribution in [2.75, 3.05) is 11.0 Å². The number of hydrogen-bond acceptors (Lipinski definition) is 2. The Morgan fingerprint density at radius 2 is 1.94 bits per heavy atom. The first-order valence-electron chi connectivity index (χ1n) is 4.58. The second kappa shape index (κ2) is 4.81. The van der Waals surface area contributed by atoms with E-state index in [-0.39, 0.29) is 0 Å². The van der Waals surface area contributed by atoms with E-state index in [1.54, 1.807) is 37.3 Å². The third kappa shape index (κ3) is 3.41. The lowest BCUT2D eigenvalue weighted by molar-refractivity contribution is 0.607. The van der Waals surface area contributed by atoms with Gasteiger partial charge < -0.3 is 0 Å². The summed E-state index contributed by atoms with van der Waals surface area (Å²) >= 11 is 0. The van der Waals surface area contributed by atoms with Crippen molar-refractivity contribution in [3.8, 4) is 0 Å². The average molecular weight is 236 g/mol. The molecule has 16 heavy (non-hydrogen) atoms. The summed E-state index contributed by atoms with van der Waals surface area (Å²) in [5.74, 6) is 0. The predicted molar refractivity (Wildman–Crippen MR) is 65.2 cm³/mol. The average Bonchev–Trinajstić information content (AvgIpc) is 2.20. The van der Waals surface area contributed by atoms with E-state index in [0.29, 0.717) is 11.4 Å². The molecule has 0 aliphatic rings. The van der Waals surface area contributed by atoms with Crippen LogP contribution in [0.5, 0.6) is 0 Å². The van der Waals surface area contributed by atoms with Crippen LogP contribution in [0.15, 0.2) is 30.3 Å². The Kier molecular flexibility index (Phi) is 3.69. The van der Waals surface area contributed by atoms with E-state index >= 15 is 0 Å². The molecule has 4 nitrogen and oxygen atoms in total. The van der Waals surface area contributed by atoms with E-state index in [4.69, 9.17) is 6.57 Å². The van der Waals surface area contributed by atoms with Crippen LogP contribution in [0.1, 0.15) is 12.5 Å². The minimum Gasteiger partial charge on any atom is -0.284 e. The van der Waals surface area contributed by atoms with Crippen molar-refractivity contribution in [1.29, 1.82) is 0 Å². The summed E-state index contributed by atoms with van der Waals surface area (Å²) in [5, 5.41) is 0. The topological polar surface area (TPSA) is 50.5 Å². The van der Waals surface area contributed by atoms with Crippen LogP contribution in [0.3, 0.4) is 0 Å². The highest BCUT2D eigenvalue weighted by molar-refractivity contribution is 7.92. The summed E-state index contributed by atoms with van der Waals surface area (Å²) in [5.41, 5.74) is 1.81. The fraction of sp³-hybridized carbons (Fsp3) is 0.182. The second-order valence-electron chi connectivity index (χ2n) is 3.24. The maximum Gasteiger partial charge on any atom is 0.229 e. The van der Waals surface area contributed by atoms with E-state index in [0.717, 1.165) is 11.8 Å². The van der Waals surface area contributed by atoms with E-state index in [1.165, 1.54) is 0 Å². The van der Waals surface area contributed by atoms with Crippen molar-refractivity contribution >= 4 is 21.4 Å². The number of hydrogen-bond donors (Lipinski definition) is 1. The van der Waals surface area contributed by atoms with Crippen LogP contribution in [0.25, 0.3) is 10.5 Å². The van der Waals surface area contributed by atoms with Crippen molar-refractivity contribution in [1.82, 2.24) is 0 Å². The minimum absolute atomic E-state index is 0.492. The number of allylic oxidation sites excluding steroid dienone is 1. The standard InChI is InChI=1S/C11H12N2O2S/c1-4-11(12-2)9-5-7-10(8-6-9)13-16(3,14)15/h4-8,13H,1,3H3. The summed E-state index contributed by atoms with van der Waals surface area (Å²) in [6.45, 7) is 8.73. The molecular formula is C11H12N2O2S. The highest BCUT2D eigenvalue weighted by Gasteiger charge is 2.03. The highest BCUT2D eigenvalue weighted by atomic mass is 32.2. The fourth-order valence-corrected chi connectivity index (χ4v) is 1.78. The second-order valence-corrected chi connectivity index (χ2v) is 4.99. The van der Waals surface area contributed by atoms with Gasteiger partial charge in [0.15, 0.2) is 5.70 Å². The molecule has 0 aromatic heterocycles. The Labute approximate surface area is 95.5 Å². The van der Waals surface area contributed by atoms with Gasteiger partial charge in [-0.25, -0.2) is 13.3 Å². The molecule has 0 bridgehead atoms. The van der Waals surface area contributed by atoms with Gasteiger partial charge in [0.2, 0.25) is 10.0 Å². The Bertz CT molecular complexity index is 536. The minimum atomic E-state index is -3.25. The zero-order chi connectivity index (χ0) is 12.2. The van der Waals surface area contributed by atoms with Gasteiger partial charge >= 0.3 is 0 Å². The third-order valence-electron chi connectivity index (χ3n) is 1.88. The van der Waals surface area contributed by atoms with Crippen LogP contribution in [0, 0.1) is 6.57 Å². The van der Waals surface area contributed by atoms with Gasteiger partial charge in [-0.1, -0.05) is 25.1 Å². The third-order valence-corrected chi connectivity index (χ3v) is 2.48. The van der Waals surface area contributed by atoms with Crippen molar-refractivity contribution in [3.05, 3.63) is 47.3 Å². The van der Waals surface area contributed by atoms with Crippen LogP contribution in [-0.2, 0) is 10.0 Å². The molecule has 0 spiro atoms. The van der Waals surface area contributed by atoms with Gasteiger partial charge in [0.1, 0.15) is 0 Å². The van der Waals surface area contributed by atoms with Crippen molar-refractivity contribution in [3.63, 3.8) is 0 Å². The normalized spacial score (nSPS) is 11.9. The molecule has 0 unspecified atom stereocenters. The van der Waals surface area contributed by atoms with E-state index < -0.39 is 10.0 Å². The van der Waals surface area contributed by atoms with E-state index in [1.807, 2.05) is 0 Å². The molecule has 0 fully saturated rings. The Morgan fingerprint density at radius 3 is 2.31 bits per heavy atom. The molecule has 0 heterocycles. The molecule has 0 atom stereocenters.